The molecular weight excluding hydrogens is 486 g/mol. The molecule has 0 radical (unpaired) electrons. The van der Waals surface area contributed by atoms with Gasteiger partial charge in [0.25, 0.3) is 10.0 Å². The van der Waals surface area contributed by atoms with Crippen LogP contribution in [0.2, 0.25) is 0 Å². The minimum Gasteiger partial charge on any atom is -0.355 e. The van der Waals surface area contributed by atoms with Crippen LogP contribution in [0.3, 0.4) is 0 Å². The number of carbonyl (C=O) groups excluding carboxylic acids is 2. The van der Waals surface area contributed by atoms with E-state index >= 15 is 0 Å². The highest BCUT2D eigenvalue weighted by Gasteiger charge is 2.32. The van der Waals surface area contributed by atoms with Crippen LogP contribution in [-0.2, 0) is 26.2 Å². The Kier molecular flexibility index (Phi) is 9.10. The van der Waals surface area contributed by atoms with E-state index < -0.39 is 28.5 Å². The number of rotatable bonds is 10. The third-order valence-corrected chi connectivity index (χ3v) is 7.88. The maximum atomic E-state index is 13.9. The Hall–Kier alpha value is -3.65. The molecule has 3 aromatic carbocycles. The Morgan fingerprint density at radius 1 is 0.865 bits per heavy atom. The fraction of sp³-hybridized carbons (Fsp3) is 0.310. The highest BCUT2D eigenvalue weighted by Crippen LogP contribution is 2.27. The second-order valence-corrected chi connectivity index (χ2v) is 11.1. The summed E-state index contributed by atoms with van der Waals surface area (Å²) in [5.41, 5.74) is 3.92. The van der Waals surface area contributed by atoms with Gasteiger partial charge >= 0.3 is 0 Å². The van der Waals surface area contributed by atoms with Gasteiger partial charge in [0.2, 0.25) is 11.8 Å². The standard InChI is InChI=1S/C29H35N3O4S/c1-6-30-29(34)24(5)31(19-25-10-8-7-9-11-25)28(33)20-32(26-17-22(3)16-23(4)18-26)37(35,36)27-14-12-21(2)13-15-27/h7-18,24H,6,19-20H2,1-5H3,(H,30,34). The van der Waals surface area contributed by atoms with E-state index in [9.17, 15) is 18.0 Å². The molecule has 0 aliphatic carbocycles. The average molecular weight is 522 g/mol. The fourth-order valence-electron chi connectivity index (χ4n) is 4.15. The molecule has 0 bridgehead atoms. The highest BCUT2D eigenvalue weighted by molar-refractivity contribution is 7.92. The van der Waals surface area contributed by atoms with E-state index in [-0.39, 0.29) is 17.3 Å². The second kappa shape index (κ2) is 12.1. The molecule has 2 amide bonds. The van der Waals surface area contributed by atoms with E-state index in [0.29, 0.717) is 12.2 Å². The summed E-state index contributed by atoms with van der Waals surface area (Å²) in [5, 5.41) is 2.76. The van der Waals surface area contributed by atoms with Crippen LogP contribution in [0.15, 0.2) is 77.7 Å². The SMILES string of the molecule is CCNC(=O)C(C)N(Cc1ccccc1)C(=O)CN(c1cc(C)cc(C)c1)S(=O)(=O)c1ccc(C)cc1. The number of nitrogens with zero attached hydrogens (tertiary/aromatic N) is 2. The normalized spacial score (nSPS) is 12.0. The Bertz CT molecular complexity index is 1320. The van der Waals surface area contributed by atoms with Crippen molar-refractivity contribution in [2.75, 3.05) is 17.4 Å². The summed E-state index contributed by atoms with van der Waals surface area (Å²) >= 11 is 0. The van der Waals surface area contributed by atoms with E-state index in [1.165, 1.54) is 4.90 Å². The Balaban J connectivity index is 2.05. The number of aryl methyl sites for hydroxylation is 3. The molecular formula is C29H35N3O4S. The molecule has 0 spiro atoms. The Morgan fingerprint density at radius 3 is 2.03 bits per heavy atom. The van der Waals surface area contributed by atoms with Gasteiger partial charge in [-0.2, -0.15) is 0 Å². The molecule has 7 nitrogen and oxygen atoms in total. The summed E-state index contributed by atoms with van der Waals surface area (Å²) in [5.74, 6) is -0.774. The van der Waals surface area contributed by atoms with Crippen LogP contribution < -0.4 is 9.62 Å². The van der Waals surface area contributed by atoms with Crippen molar-refractivity contribution in [1.82, 2.24) is 10.2 Å². The molecule has 1 unspecified atom stereocenters. The monoisotopic (exact) mass is 521 g/mol. The molecule has 0 saturated carbocycles. The third-order valence-electron chi connectivity index (χ3n) is 6.10. The summed E-state index contributed by atoms with van der Waals surface area (Å²) in [6.07, 6.45) is 0. The molecule has 0 heterocycles. The van der Waals surface area contributed by atoms with Crippen LogP contribution in [0.5, 0.6) is 0 Å². The van der Waals surface area contributed by atoms with Crippen LogP contribution in [0, 0.1) is 20.8 Å². The summed E-state index contributed by atoms with van der Waals surface area (Å²) < 4.78 is 28.9. The van der Waals surface area contributed by atoms with Crippen molar-refractivity contribution in [3.8, 4) is 0 Å². The number of anilines is 1. The molecule has 37 heavy (non-hydrogen) atoms. The van der Waals surface area contributed by atoms with Crippen molar-refractivity contribution < 1.29 is 18.0 Å². The maximum Gasteiger partial charge on any atom is 0.264 e. The first-order valence-corrected chi connectivity index (χ1v) is 13.8. The Labute approximate surface area is 220 Å². The van der Waals surface area contributed by atoms with Gasteiger partial charge < -0.3 is 10.2 Å². The van der Waals surface area contributed by atoms with Crippen molar-refractivity contribution in [2.45, 2.75) is 52.1 Å². The number of likely N-dealkylation sites (N-methyl/N-ethyl adjacent to an activating group) is 1. The van der Waals surface area contributed by atoms with Gasteiger partial charge in [-0.25, -0.2) is 8.42 Å². The van der Waals surface area contributed by atoms with E-state index in [4.69, 9.17) is 0 Å². The van der Waals surface area contributed by atoms with E-state index in [0.717, 1.165) is 26.6 Å². The van der Waals surface area contributed by atoms with Gasteiger partial charge in [-0.1, -0.05) is 54.1 Å². The summed E-state index contributed by atoms with van der Waals surface area (Å²) in [6.45, 7) is 9.25. The van der Waals surface area contributed by atoms with E-state index in [2.05, 4.69) is 5.32 Å². The summed E-state index contributed by atoms with van der Waals surface area (Å²) in [4.78, 5) is 28.1. The lowest BCUT2D eigenvalue weighted by Gasteiger charge is -2.32. The molecule has 0 aliphatic heterocycles. The van der Waals surface area contributed by atoms with Crippen molar-refractivity contribution in [3.63, 3.8) is 0 Å². The molecule has 8 heteroatoms. The van der Waals surface area contributed by atoms with Crippen molar-refractivity contribution >= 4 is 27.5 Å². The number of sulfonamides is 1. The smallest absolute Gasteiger partial charge is 0.264 e. The number of nitrogens with one attached hydrogen (secondary N) is 1. The minimum atomic E-state index is -4.08. The molecule has 0 saturated heterocycles. The van der Waals surface area contributed by atoms with Gasteiger partial charge in [-0.05, 0) is 75.6 Å². The first kappa shape index (κ1) is 27.9. The molecule has 0 aromatic heterocycles. The van der Waals surface area contributed by atoms with Crippen LogP contribution in [0.1, 0.15) is 36.1 Å². The highest BCUT2D eigenvalue weighted by atomic mass is 32.2. The zero-order chi connectivity index (χ0) is 27.2. The topological polar surface area (TPSA) is 86.8 Å². The van der Waals surface area contributed by atoms with Crippen molar-refractivity contribution in [2.24, 2.45) is 0 Å². The molecule has 3 rings (SSSR count). The molecule has 196 valence electrons. The first-order valence-electron chi connectivity index (χ1n) is 12.3. The lowest BCUT2D eigenvalue weighted by Crippen LogP contribution is -2.51. The number of amides is 2. The van der Waals surface area contributed by atoms with Gasteiger partial charge in [0.05, 0.1) is 10.6 Å². The summed E-state index contributed by atoms with van der Waals surface area (Å²) in [7, 11) is -4.08. The predicted octanol–water partition coefficient (Wildman–Crippen LogP) is 4.36. The zero-order valence-electron chi connectivity index (χ0n) is 22.1. The lowest BCUT2D eigenvalue weighted by molar-refractivity contribution is -0.139. The van der Waals surface area contributed by atoms with E-state index in [1.54, 1.807) is 43.3 Å². The minimum absolute atomic E-state index is 0.0939. The summed E-state index contributed by atoms with van der Waals surface area (Å²) in [6, 6.07) is 20.5. The maximum absolute atomic E-state index is 13.9. The van der Waals surface area contributed by atoms with Crippen molar-refractivity contribution in [3.05, 3.63) is 95.1 Å². The molecule has 1 N–H and O–H groups in total. The largest absolute Gasteiger partial charge is 0.355 e. The van der Waals surface area contributed by atoms with Crippen molar-refractivity contribution in [1.29, 1.82) is 0 Å². The molecule has 3 aromatic rings. The van der Waals surface area contributed by atoms with Crippen LogP contribution in [0.4, 0.5) is 5.69 Å². The van der Waals surface area contributed by atoms with Gasteiger partial charge in [-0.3, -0.25) is 13.9 Å². The lowest BCUT2D eigenvalue weighted by atomic mass is 10.1. The molecule has 0 fully saturated rings. The zero-order valence-corrected chi connectivity index (χ0v) is 22.9. The van der Waals surface area contributed by atoms with Gasteiger partial charge in [0, 0.05) is 13.1 Å². The molecule has 1 atom stereocenters. The quantitative estimate of drug-likeness (QED) is 0.430. The predicted molar refractivity (Wildman–Crippen MR) is 147 cm³/mol. The first-order chi connectivity index (χ1) is 17.5. The average Bonchev–Trinajstić information content (AvgIpc) is 2.85. The number of carbonyl (C=O) groups is 2. The van der Waals surface area contributed by atoms with Gasteiger partial charge in [0.15, 0.2) is 0 Å². The number of hydrogen-bond donors (Lipinski definition) is 1. The third kappa shape index (κ3) is 6.98. The number of hydrogen-bond acceptors (Lipinski definition) is 4. The van der Waals surface area contributed by atoms with E-state index in [1.807, 2.05) is 64.1 Å². The Morgan fingerprint density at radius 2 is 1.46 bits per heavy atom. The van der Waals surface area contributed by atoms with Crippen LogP contribution in [-0.4, -0.2) is 44.3 Å². The second-order valence-electron chi connectivity index (χ2n) is 9.25. The number of benzene rings is 3. The van der Waals surface area contributed by atoms with Gasteiger partial charge in [-0.15, -0.1) is 0 Å². The molecule has 0 aliphatic rings. The van der Waals surface area contributed by atoms with Crippen LogP contribution >= 0.6 is 0 Å². The fourth-order valence-corrected chi connectivity index (χ4v) is 5.54. The van der Waals surface area contributed by atoms with Gasteiger partial charge in [0.1, 0.15) is 12.6 Å². The van der Waals surface area contributed by atoms with Crippen LogP contribution in [0.25, 0.3) is 0 Å².